The Morgan fingerprint density at radius 2 is 1.88 bits per heavy atom. The molecule has 0 bridgehead atoms. The number of rotatable bonds is 10. The summed E-state index contributed by atoms with van der Waals surface area (Å²) in [6, 6.07) is 15.1. The van der Waals surface area contributed by atoms with Gasteiger partial charge in [0.1, 0.15) is 12.4 Å². The van der Waals surface area contributed by atoms with E-state index in [1.165, 1.54) is 0 Å². The molecule has 0 aliphatic carbocycles. The largest absolute Gasteiger partial charge is 0.493 e. The van der Waals surface area contributed by atoms with E-state index in [1.807, 2.05) is 54.6 Å². The maximum atomic E-state index is 12.2. The molecule has 0 radical (unpaired) electrons. The van der Waals surface area contributed by atoms with Gasteiger partial charge in [0.2, 0.25) is 0 Å². The van der Waals surface area contributed by atoms with E-state index in [0.29, 0.717) is 24.7 Å². The van der Waals surface area contributed by atoms with Crippen LogP contribution in [0.25, 0.3) is 0 Å². The number of carbonyl (C=O) groups excluding carboxylic acids is 1. The van der Waals surface area contributed by atoms with Gasteiger partial charge in [-0.05, 0) is 36.2 Å². The van der Waals surface area contributed by atoms with Crippen molar-refractivity contribution < 1.29 is 19.0 Å². The minimum atomic E-state index is -0.126. The van der Waals surface area contributed by atoms with Crippen LogP contribution in [-0.2, 0) is 11.2 Å². The number of hydrogen-bond donors (Lipinski definition) is 0. The Morgan fingerprint density at radius 1 is 1.12 bits per heavy atom. The number of likely N-dealkylation sites (N-methyl/N-ethyl adjacent to an activating group) is 1. The standard InChI is InChI=1S/C21H25NO4/c1-4-8-17-11-12-19(20(15-17)24-3)26-16-21(23)22(2)13-14-25-18-9-6-5-7-10-18/h4-7,9-12,15H,1,8,13-14,16H2,2-3H3. The molecule has 5 nitrogen and oxygen atoms in total. The van der Waals surface area contributed by atoms with Crippen molar-refractivity contribution in [1.29, 1.82) is 0 Å². The third-order valence-corrected chi connectivity index (χ3v) is 3.82. The highest BCUT2D eigenvalue weighted by Gasteiger charge is 2.12. The summed E-state index contributed by atoms with van der Waals surface area (Å²) in [4.78, 5) is 13.8. The van der Waals surface area contributed by atoms with E-state index >= 15 is 0 Å². The average Bonchev–Trinajstić information content (AvgIpc) is 2.67. The molecular formula is C21H25NO4. The molecule has 2 aromatic carbocycles. The molecule has 138 valence electrons. The summed E-state index contributed by atoms with van der Waals surface area (Å²) in [5.41, 5.74) is 1.07. The summed E-state index contributed by atoms with van der Waals surface area (Å²) in [5, 5.41) is 0. The molecule has 2 rings (SSSR count). The number of ether oxygens (including phenoxy) is 3. The molecule has 0 fully saturated rings. The second-order valence-corrected chi connectivity index (χ2v) is 5.74. The van der Waals surface area contributed by atoms with E-state index in [9.17, 15) is 4.79 Å². The van der Waals surface area contributed by atoms with Gasteiger partial charge in [0.05, 0.1) is 13.7 Å². The van der Waals surface area contributed by atoms with E-state index in [2.05, 4.69) is 6.58 Å². The first-order chi connectivity index (χ1) is 12.6. The minimum absolute atomic E-state index is 0.0565. The van der Waals surface area contributed by atoms with E-state index in [4.69, 9.17) is 14.2 Å². The van der Waals surface area contributed by atoms with Gasteiger partial charge < -0.3 is 19.1 Å². The summed E-state index contributed by atoms with van der Waals surface area (Å²) in [7, 11) is 3.30. The minimum Gasteiger partial charge on any atom is -0.493 e. The molecule has 0 N–H and O–H groups in total. The average molecular weight is 355 g/mol. The van der Waals surface area contributed by atoms with E-state index in [0.717, 1.165) is 17.7 Å². The van der Waals surface area contributed by atoms with Gasteiger partial charge >= 0.3 is 0 Å². The van der Waals surface area contributed by atoms with Crippen LogP contribution in [0.1, 0.15) is 5.56 Å². The van der Waals surface area contributed by atoms with E-state index in [-0.39, 0.29) is 12.5 Å². The number of amides is 1. The van der Waals surface area contributed by atoms with Crippen LogP contribution in [0, 0.1) is 0 Å². The second-order valence-electron chi connectivity index (χ2n) is 5.74. The van der Waals surface area contributed by atoms with Gasteiger partial charge in [-0.25, -0.2) is 0 Å². The van der Waals surface area contributed by atoms with Crippen molar-refractivity contribution in [2.24, 2.45) is 0 Å². The van der Waals surface area contributed by atoms with E-state index in [1.54, 1.807) is 19.1 Å². The van der Waals surface area contributed by atoms with Crippen LogP contribution in [0.3, 0.4) is 0 Å². The topological polar surface area (TPSA) is 48.0 Å². The van der Waals surface area contributed by atoms with Gasteiger partial charge in [0, 0.05) is 7.05 Å². The normalized spacial score (nSPS) is 10.1. The Bertz CT molecular complexity index is 715. The molecular weight excluding hydrogens is 330 g/mol. The smallest absolute Gasteiger partial charge is 0.260 e. The zero-order valence-corrected chi connectivity index (χ0v) is 15.3. The Kier molecular flexibility index (Phi) is 7.55. The molecule has 0 saturated carbocycles. The van der Waals surface area contributed by atoms with Crippen molar-refractivity contribution in [3.05, 3.63) is 66.7 Å². The van der Waals surface area contributed by atoms with Crippen molar-refractivity contribution in [1.82, 2.24) is 4.90 Å². The van der Waals surface area contributed by atoms with Crippen molar-refractivity contribution in [2.45, 2.75) is 6.42 Å². The third-order valence-electron chi connectivity index (χ3n) is 3.82. The van der Waals surface area contributed by atoms with Gasteiger partial charge in [-0.1, -0.05) is 30.3 Å². The maximum absolute atomic E-state index is 12.2. The zero-order valence-electron chi connectivity index (χ0n) is 15.3. The Labute approximate surface area is 154 Å². The first kappa shape index (κ1) is 19.4. The predicted molar refractivity (Wildman–Crippen MR) is 102 cm³/mol. The monoisotopic (exact) mass is 355 g/mol. The van der Waals surface area contributed by atoms with Crippen molar-refractivity contribution in [3.63, 3.8) is 0 Å². The summed E-state index contributed by atoms with van der Waals surface area (Å²) in [6.07, 6.45) is 2.57. The lowest BCUT2D eigenvalue weighted by atomic mass is 10.1. The first-order valence-corrected chi connectivity index (χ1v) is 8.46. The van der Waals surface area contributed by atoms with E-state index < -0.39 is 0 Å². The maximum Gasteiger partial charge on any atom is 0.260 e. The number of hydrogen-bond acceptors (Lipinski definition) is 4. The fraction of sp³-hybridized carbons (Fsp3) is 0.286. The highest BCUT2D eigenvalue weighted by molar-refractivity contribution is 5.77. The number of nitrogens with zero attached hydrogens (tertiary/aromatic N) is 1. The van der Waals surface area contributed by atoms with Crippen molar-refractivity contribution in [2.75, 3.05) is 33.9 Å². The van der Waals surface area contributed by atoms with Crippen LogP contribution in [0.15, 0.2) is 61.2 Å². The highest BCUT2D eigenvalue weighted by Crippen LogP contribution is 2.28. The summed E-state index contributed by atoms with van der Waals surface area (Å²) in [5.74, 6) is 1.81. The van der Waals surface area contributed by atoms with Crippen molar-refractivity contribution in [3.8, 4) is 17.2 Å². The second kappa shape index (κ2) is 10.1. The van der Waals surface area contributed by atoms with Crippen LogP contribution in [0.2, 0.25) is 0 Å². The third kappa shape index (κ3) is 5.84. The van der Waals surface area contributed by atoms with Gasteiger partial charge in [-0.3, -0.25) is 4.79 Å². The Morgan fingerprint density at radius 3 is 2.58 bits per heavy atom. The fourth-order valence-corrected chi connectivity index (χ4v) is 2.32. The van der Waals surface area contributed by atoms with Gasteiger partial charge in [-0.15, -0.1) is 6.58 Å². The quantitative estimate of drug-likeness (QED) is 0.613. The van der Waals surface area contributed by atoms with Crippen LogP contribution in [-0.4, -0.2) is 44.7 Å². The Hall–Kier alpha value is -2.95. The molecule has 0 spiro atoms. The van der Waals surface area contributed by atoms with Gasteiger partial charge in [-0.2, -0.15) is 0 Å². The summed E-state index contributed by atoms with van der Waals surface area (Å²) >= 11 is 0. The number of benzene rings is 2. The first-order valence-electron chi connectivity index (χ1n) is 8.46. The molecule has 5 heteroatoms. The highest BCUT2D eigenvalue weighted by atomic mass is 16.5. The molecule has 0 atom stereocenters. The Balaban J connectivity index is 1.80. The van der Waals surface area contributed by atoms with Crippen molar-refractivity contribution >= 4 is 5.91 Å². The summed E-state index contributed by atoms with van der Waals surface area (Å²) in [6.45, 7) is 4.57. The van der Waals surface area contributed by atoms with Crippen LogP contribution < -0.4 is 14.2 Å². The number of carbonyl (C=O) groups is 1. The molecule has 26 heavy (non-hydrogen) atoms. The lowest BCUT2D eigenvalue weighted by Gasteiger charge is -2.18. The lowest BCUT2D eigenvalue weighted by Crippen LogP contribution is -2.34. The molecule has 0 heterocycles. The molecule has 0 saturated heterocycles. The molecule has 0 aromatic heterocycles. The van der Waals surface area contributed by atoms with Crippen LogP contribution >= 0.6 is 0 Å². The number of para-hydroxylation sites is 1. The van der Waals surface area contributed by atoms with Gasteiger partial charge in [0.15, 0.2) is 18.1 Å². The molecule has 0 aliphatic rings. The zero-order chi connectivity index (χ0) is 18.8. The SMILES string of the molecule is C=CCc1ccc(OCC(=O)N(C)CCOc2ccccc2)c(OC)c1. The van der Waals surface area contributed by atoms with Gasteiger partial charge in [0.25, 0.3) is 5.91 Å². The number of allylic oxidation sites excluding steroid dienone is 1. The predicted octanol–water partition coefficient (Wildman–Crippen LogP) is 3.34. The summed E-state index contributed by atoms with van der Waals surface area (Å²) < 4.78 is 16.6. The fourth-order valence-electron chi connectivity index (χ4n) is 2.32. The lowest BCUT2D eigenvalue weighted by molar-refractivity contribution is -0.132. The molecule has 0 unspecified atom stereocenters. The molecule has 1 amide bonds. The number of methoxy groups -OCH3 is 1. The van der Waals surface area contributed by atoms with Crippen LogP contribution in [0.4, 0.5) is 0 Å². The van der Waals surface area contributed by atoms with Crippen LogP contribution in [0.5, 0.6) is 17.2 Å². The molecule has 0 aliphatic heterocycles. The molecule has 2 aromatic rings.